The van der Waals surface area contributed by atoms with Crippen LogP contribution in [0, 0.1) is 5.82 Å². The maximum Gasteiger partial charge on any atom is 0.236 e. The molecule has 1 saturated carbocycles. The molecule has 4 nitrogen and oxygen atoms in total. The third-order valence-electron chi connectivity index (χ3n) is 5.26. The first kappa shape index (κ1) is 17.3. The summed E-state index contributed by atoms with van der Waals surface area (Å²) in [5, 5.41) is 11.3. The summed E-state index contributed by atoms with van der Waals surface area (Å²) in [5.74, 6) is 0.0242. The standard InChI is InChI=1S/C22H20FN3O/c23-18-10-8-17(9-11-18)22(14-4-5-15-22)21(27)24-20-13-12-19(25-26-20)16-6-2-1-3-7-16/h1-3,6-13H,4-5,14-15H2,(H,24,26,27). The summed E-state index contributed by atoms with van der Waals surface area (Å²) in [7, 11) is 0. The first-order chi connectivity index (χ1) is 13.2. The van der Waals surface area contributed by atoms with Crippen molar-refractivity contribution in [3.8, 4) is 11.3 Å². The molecule has 1 amide bonds. The summed E-state index contributed by atoms with van der Waals surface area (Å²) in [5.41, 5.74) is 1.95. The number of nitrogens with one attached hydrogen (secondary N) is 1. The Balaban J connectivity index is 1.56. The van der Waals surface area contributed by atoms with Gasteiger partial charge in [-0.25, -0.2) is 4.39 Å². The lowest BCUT2D eigenvalue weighted by Gasteiger charge is -2.28. The highest BCUT2D eigenvalue weighted by atomic mass is 19.1. The van der Waals surface area contributed by atoms with E-state index >= 15 is 0 Å². The van der Waals surface area contributed by atoms with Gasteiger partial charge in [0.2, 0.25) is 5.91 Å². The fraction of sp³-hybridized carbons (Fsp3) is 0.227. The van der Waals surface area contributed by atoms with E-state index in [1.165, 1.54) is 12.1 Å². The minimum Gasteiger partial charge on any atom is -0.308 e. The van der Waals surface area contributed by atoms with Gasteiger partial charge in [-0.2, -0.15) is 0 Å². The Morgan fingerprint density at radius 1 is 0.889 bits per heavy atom. The summed E-state index contributed by atoms with van der Waals surface area (Å²) in [4.78, 5) is 13.1. The molecular weight excluding hydrogens is 341 g/mol. The van der Waals surface area contributed by atoms with Crippen LogP contribution in [-0.2, 0) is 10.2 Å². The zero-order valence-electron chi connectivity index (χ0n) is 14.9. The third kappa shape index (κ3) is 3.45. The van der Waals surface area contributed by atoms with E-state index in [1.807, 2.05) is 36.4 Å². The van der Waals surface area contributed by atoms with Crippen molar-refractivity contribution >= 4 is 11.7 Å². The average Bonchev–Trinajstić information content (AvgIpc) is 3.21. The largest absolute Gasteiger partial charge is 0.308 e. The predicted octanol–water partition coefficient (Wildman–Crippen LogP) is 4.73. The quantitative estimate of drug-likeness (QED) is 0.731. The monoisotopic (exact) mass is 361 g/mol. The fourth-order valence-corrected chi connectivity index (χ4v) is 3.79. The molecule has 4 rings (SSSR count). The van der Waals surface area contributed by atoms with Gasteiger partial charge in [0.25, 0.3) is 0 Å². The molecule has 0 atom stereocenters. The van der Waals surface area contributed by atoms with Gasteiger partial charge in [0.05, 0.1) is 11.1 Å². The van der Waals surface area contributed by atoms with E-state index in [1.54, 1.807) is 18.2 Å². The second kappa shape index (κ2) is 7.27. The first-order valence-corrected chi connectivity index (χ1v) is 9.14. The molecule has 5 heteroatoms. The molecule has 1 aromatic heterocycles. The second-order valence-corrected chi connectivity index (χ2v) is 6.92. The van der Waals surface area contributed by atoms with Crippen LogP contribution >= 0.6 is 0 Å². The summed E-state index contributed by atoms with van der Waals surface area (Å²) in [6.07, 6.45) is 3.45. The molecule has 0 saturated heterocycles. The topological polar surface area (TPSA) is 54.9 Å². The number of hydrogen-bond acceptors (Lipinski definition) is 3. The Morgan fingerprint density at radius 3 is 2.22 bits per heavy atom. The summed E-state index contributed by atoms with van der Waals surface area (Å²) < 4.78 is 13.3. The van der Waals surface area contributed by atoms with Crippen molar-refractivity contribution in [3.05, 3.63) is 78.1 Å². The van der Waals surface area contributed by atoms with Crippen LogP contribution in [0.3, 0.4) is 0 Å². The number of amides is 1. The second-order valence-electron chi connectivity index (χ2n) is 6.92. The molecule has 1 aliphatic rings. The molecule has 1 N–H and O–H groups in total. The van der Waals surface area contributed by atoms with Crippen molar-refractivity contribution in [3.63, 3.8) is 0 Å². The lowest BCUT2D eigenvalue weighted by Crippen LogP contribution is -2.38. The molecule has 3 aromatic rings. The van der Waals surface area contributed by atoms with E-state index in [0.29, 0.717) is 5.82 Å². The van der Waals surface area contributed by atoms with Gasteiger partial charge in [-0.3, -0.25) is 4.79 Å². The molecule has 0 aliphatic heterocycles. The molecule has 2 aromatic carbocycles. The summed E-state index contributed by atoms with van der Waals surface area (Å²) >= 11 is 0. The molecule has 0 spiro atoms. The molecule has 0 radical (unpaired) electrons. The molecule has 1 aliphatic carbocycles. The van der Waals surface area contributed by atoms with Gasteiger partial charge >= 0.3 is 0 Å². The molecule has 27 heavy (non-hydrogen) atoms. The molecule has 0 unspecified atom stereocenters. The lowest BCUT2D eigenvalue weighted by atomic mass is 9.78. The SMILES string of the molecule is O=C(Nc1ccc(-c2ccccc2)nn1)C1(c2ccc(F)cc2)CCCC1. The van der Waals surface area contributed by atoms with Crippen LogP contribution in [0.2, 0.25) is 0 Å². The van der Waals surface area contributed by atoms with Crippen LogP contribution in [0.5, 0.6) is 0 Å². The molecular formula is C22H20FN3O. The first-order valence-electron chi connectivity index (χ1n) is 9.14. The number of anilines is 1. The number of carbonyl (C=O) groups is 1. The zero-order valence-corrected chi connectivity index (χ0v) is 14.9. The van der Waals surface area contributed by atoms with Crippen molar-refractivity contribution in [2.45, 2.75) is 31.1 Å². The highest BCUT2D eigenvalue weighted by Gasteiger charge is 2.42. The molecule has 0 bridgehead atoms. The van der Waals surface area contributed by atoms with Gasteiger partial charge in [-0.05, 0) is 42.7 Å². The van der Waals surface area contributed by atoms with Crippen molar-refractivity contribution in [1.29, 1.82) is 0 Å². The lowest BCUT2D eigenvalue weighted by molar-refractivity contribution is -0.121. The van der Waals surface area contributed by atoms with Crippen LogP contribution in [0.4, 0.5) is 10.2 Å². The predicted molar refractivity (Wildman–Crippen MR) is 103 cm³/mol. The highest BCUT2D eigenvalue weighted by Crippen LogP contribution is 2.42. The Labute approximate surface area is 157 Å². The third-order valence-corrected chi connectivity index (χ3v) is 5.26. The summed E-state index contributed by atoms with van der Waals surface area (Å²) in [6, 6.07) is 19.6. The van der Waals surface area contributed by atoms with Crippen LogP contribution in [0.15, 0.2) is 66.7 Å². The Hall–Kier alpha value is -3.08. The van der Waals surface area contributed by atoms with E-state index in [4.69, 9.17) is 0 Å². The van der Waals surface area contributed by atoms with Crippen molar-refractivity contribution in [2.75, 3.05) is 5.32 Å². The van der Waals surface area contributed by atoms with Crippen LogP contribution < -0.4 is 5.32 Å². The van der Waals surface area contributed by atoms with E-state index in [0.717, 1.165) is 42.5 Å². The average molecular weight is 361 g/mol. The Kier molecular flexibility index (Phi) is 4.67. The number of carbonyl (C=O) groups excluding carboxylic acids is 1. The van der Waals surface area contributed by atoms with Gasteiger partial charge in [-0.15, -0.1) is 10.2 Å². The van der Waals surface area contributed by atoms with Crippen LogP contribution in [0.25, 0.3) is 11.3 Å². The summed E-state index contributed by atoms with van der Waals surface area (Å²) in [6.45, 7) is 0. The van der Waals surface area contributed by atoms with Gasteiger partial charge in [-0.1, -0.05) is 55.3 Å². The van der Waals surface area contributed by atoms with E-state index in [-0.39, 0.29) is 11.7 Å². The van der Waals surface area contributed by atoms with Crippen molar-refractivity contribution in [2.24, 2.45) is 0 Å². The number of halogens is 1. The van der Waals surface area contributed by atoms with Gasteiger partial charge in [0, 0.05) is 5.56 Å². The van der Waals surface area contributed by atoms with E-state index in [2.05, 4.69) is 15.5 Å². The van der Waals surface area contributed by atoms with Crippen molar-refractivity contribution in [1.82, 2.24) is 10.2 Å². The highest BCUT2D eigenvalue weighted by molar-refractivity contribution is 5.98. The fourth-order valence-electron chi connectivity index (χ4n) is 3.79. The van der Waals surface area contributed by atoms with E-state index in [9.17, 15) is 9.18 Å². The minimum absolute atomic E-state index is 0.103. The van der Waals surface area contributed by atoms with Gasteiger partial charge in [0.1, 0.15) is 5.82 Å². The van der Waals surface area contributed by atoms with Crippen LogP contribution in [-0.4, -0.2) is 16.1 Å². The smallest absolute Gasteiger partial charge is 0.236 e. The Morgan fingerprint density at radius 2 is 1.59 bits per heavy atom. The number of rotatable bonds is 4. The maximum atomic E-state index is 13.3. The van der Waals surface area contributed by atoms with Crippen molar-refractivity contribution < 1.29 is 9.18 Å². The maximum absolute atomic E-state index is 13.3. The zero-order chi connectivity index (χ0) is 18.7. The Bertz CT molecular complexity index is 918. The van der Waals surface area contributed by atoms with E-state index < -0.39 is 5.41 Å². The van der Waals surface area contributed by atoms with Gasteiger partial charge in [0.15, 0.2) is 5.82 Å². The molecule has 136 valence electrons. The molecule has 1 heterocycles. The number of aromatic nitrogens is 2. The number of nitrogens with zero attached hydrogens (tertiary/aromatic N) is 2. The molecule has 1 fully saturated rings. The minimum atomic E-state index is -0.631. The van der Waals surface area contributed by atoms with Gasteiger partial charge < -0.3 is 5.32 Å². The number of hydrogen-bond donors (Lipinski definition) is 1. The number of benzene rings is 2. The van der Waals surface area contributed by atoms with Crippen LogP contribution in [0.1, 0.15) is 31.2 Å². The normalized spacial score (nSPS) is 15.4.